The summed E-state index contributed by atoms with van der Waals surface area (Å²) >= 11 is 7.64. The number of nitrogens with zero attached hydrogens (tertiary/aromatic N) is 2. The Bertz CT molecular complexity index is 1310. The lowest BCUT2D eigenvalue weighted by atomic mass is 10.1. The van der Waals surface area contributed by atoms with Gasteiger partial charge in [0, 0.05) is 23.7 Å². The van der Waals surface area contributed by atoms with E-state index >= 15 is 0 Å². The Balaban J connectivity index is 1.73. The minimum absolute atomic E-state index is 0.207. The average molecular weight is 478 g/mol. The van der Waals surface area contributed by atoms with Crippen molar-refractivity contribution in [3.05, 3.63) is 88.5 Å². The molecule has 0 bridgehead atoms. The zero-order valence-electron chi connectivity index (χ0n) is 17.9. The fourth-order valence-electron chi connectivity index (χ4n) is 3.21. The molecule has 0 fully saturated rings. The van der Waals surface area contributed by atoms with Crippen molar-refractivity contribution in [2.75, 3.05) is 5.32 Å². The highest BCUT2D eigenvalue weighted by Crippen LogP contribution is 2.40. The number of nitrogens with one attached hydrogen (secondary N) is 1. The molecule has 0 aliphatic carbocycles. The molecule has 6 nitrogen and oxygen atoms in total. The quantitative estimate of drug-likeness (QED) is 0.325. The summed E-state index contributed by atoms with van der Waals surface area (Å²) in [5.74, 6) is -0.183. The third-order valence-electron chi connectivity index (χ3n) is 4.71. The van der Waals surface area contributed by atoms with Gasteiger partial charge in [-0.2, -0.15) is 0 Å². The fourth-order valence-corrected chi connectivity index (χ4v) is 4.47. The number of aromatic nitrogens is 2. The molecule has 166 valence electrons. The van der Waals surface area contributed by atoms with Crippen molar-refractivity contribution < 1.29 is 14.3 Å². The molecule has 1 unspecified atom stereocenters. The number of carbonyl (C=O) groups excluding carboxylic acids is 2. The molecule has 2 aromatic heterocycles. The molecule has 0 radical (unpaired) electrons. The van der Waals surface area contributed by atoms with Crippen molar-refractivity contribution in [3.63, 3.8) is 0 Å². The number of thiazole rings is 1. The summed E-state index contributed by atoms with van der Waals surface area (Å²) < 4.78 is 5.68. The molecule has 8 heteroatoms. The van der Waals surface area contributed by atoms with Crippen molar-refractivity contribution >= 4 is 40.6 Å². The molecule has 0 aliphatic heterocycles. The molecular weight excluding hydrogens is 458 g/mol. The second-order valence-corrected chi connectivity index (χ2v) is 8.73. The Morgan fingerprint density at radius 1 is 1.03 bits per heavy atom. The number of ether oxygens (including phenoxy) is 1. The Morgan fingerprint density at radius 2 is 1.82 bits per heavy atom. The van der Waals surface area contributed by atoms with E-state index in [1.54, 1.807) is 49.5 Å². The van der Waals surface area contributed by atoms with Crippen LogP contribution >= 0.6 is 22.9 Å². The van der Waals surface area contributed by atoms with Crippen LogP contribution in [0.5, 0.6) is 0 Å². The lowest BCUT2D eigenvalue weighted by Crippen LogP contribution is -2.08. The van der Waals surface area contributed by atoms with Crippen LogP contribution in [0.15, 0.2) is 72.9 Å². The minimum Gasteiger partial charge on any atom is -0.452 e. The smallest absolute Gasteiger partial charge is 0.338 e. The first-order valence-electron chi connectivity index (χ1n) is 10.2. The maximum absolute atomic E-state index is 12.5. The largest absolute Gasteiger partial charge is 0.452 e. The van der Waals surface area contributed by atoms with Crippen LogP contribution < -0.4 is 5.32 Å². The van der Waals surface area contributed by atoms with Crippen LogP contribution in [0.25, 0.3) is 21.7 Å². The third kappa shape index (κ3) is 5.45. The summed E-state index contributed by atoms with van der Waals surface area (Å²) in [6.07, 6.45) is 1.06. The summed E-state index contributed by atoms with van der Waals surface area (Å²) in [6.45, 7) is 3.22. The molecule has 0 aliphatic rings. The normalized spacial score (nSPS) is 11.6. The topological polar surface area (TPSA) is 81.2 Å². The lowest BCUT2D eigenvalue weighted by molar-refractivity contribution is -0.114. The second kappa shape index (κ2) is 9.94. The van der Waals surface area contributed by atoms with E-state index in [-0.39, 0.29) is 5.91 Å². The first-order valence-corrected chi connectivity index (χ1v) is 11.4. The zero-order chi connectivity index (χ0) is 23.4. The molecule has 33 heavy (non-hydrogen) atoms. The van der Waals surface area contributed by atoms with Gasteiger partial charge in [-0.05, 0) is 48.9 Å². The number of amides is 1. The van der Waals surface area contributed by atoms with Gasteiger partial charge in [-0.25, -0.2) is 14.8 Å². The highest BCUT2D eigenvalue weighted by molar-refractivity contribution is 7.15. The van der Waals surface area contributed by atoms with Gasteiger partial charge in [0.05, 0.1) is 16.1 Å². The van der Waals surface area contributed by atoms with Gasteiger partial charge in [0.15, 0.2) is 6.10 Å². The van der Waals surface area contributed by atoms with E-state index in [2.05, 4.69) is 10.3 Å². The Hall–Kier alpha value is -3.55. The highest BCUT2D eigenvalue weighted by Gasteiger charge is 2.22. The van der Waals surface area contributed by atoms with E-state index in [1.807, 2.05) is 30.3 Å². The number of carbonyl (C=O) groups is 2. The van der Waals surface area contributed by atoms with E-state index in [0.29, 0.717) is 27.1 Å². The molecule has 4 aromatic rings. The number of halogens is 1. The molecule has 2 aromatic carbocycles. The van der Waals surface area contributed by atoms with Crippen molar-refractivity contribution in [2.45, 2.75) is 20.0 Å². The predicted molar refractivity (Wildman–Crippen MR) is 130 cm³/mol. The molecule has 1 N–H and O–H groups in total. The number of hydrogen-bond donors (Lipinski definition) is 1. The SMILES string of the molecule is CC(=O)Nc1cc(-c2sc(C(C)OC(=O)c3ccccc3)nc2-c2cccc(Cl)c2)ccn1. The summed E-state index contributed by atoms with van der Waals surface area (Å²) in [5.41, 5.74) is 2.85. The summed E-state index contributed by atoms with van der Waals surface area (Å²) in [4.78, 5) is 33.9. The number of esters is 1. The zero-order valence-corrected chi connectivity index (χ0v) is 19.5. The molecule has 1 atom stereocenters. The Labute approximate surface area is 200 Å². The molecule has 0 saturated heterocycles. The Kier molecular flexibility index (Phi) is 6.82. The monoisotopic (exact) mass is 477 g/mol. The van der Waals surface area contributed by atoms with E-state index in [0.717, 1.165) is 16.0 Å². The summed E-state index contributed by atoms with van der Waals surface area (Å²) in [6, 6.07) is 19.9. The number of pyridine rings is 1. The van der Waals surface area contributed by atoms with Crippen LogP contribution in [-0.2, 0) is 9.53 Å². The van der Waals surface area contributed by atoms with Gasteiger partial charge in [0.1, 0.15) is 10.8 Å². The minimum atomic E-state index is -0.564. The molecule has 1 amide bonds. The number of anilines is 1. The van der Waals surface area contributed by atoms with E-state index in [9.17, 15) is 9.59 Å². The van der Waals surface area contributed by atoms with Gasteiger partial charge in [-0.3, -0.25) is 4.79 Å². The van der Waals surface area contributed by atoms with Gasteiger partial charge in [-0.1, -0.05) is 41.9 Å². The summed E-state index contributed by atoms with van der Waals surface area (Å²) in [5, 5.41) is 3.93. The van der Waals surface area contributed by atoms with Crippen LogP contribution in [0.2, 0.25) is 5.02 Å². The summed E-state index contributed by atoms with van der Waals surface area (Å²) in [7, 11) is 0. The maximum atomic E-state index is 12.5. The fraction of sp³-hybridized carbons (Fsp3) is 0.120. The van der Waals surface area contributed by atoms with Crippen LogP contribution in [-0.4, -0.2) is 21.8 Å². The average Bonchev–Trinajstić information content (AvgIpc) is 3.25. The second-order valence-electron chi connectivity index (χ2n) is 7.26. The van der Waals surface area contributed by atoms with E-state index < -0.39 is 12.1 Å². The molecule has 0 spiro atoms. The standard InChI is InChI=1S/C25H20ClN3O3S/c1-15(32-25(31)17-7-4-3-5-8-17)24-29-22(18-9-6-10-20(26)13-18)23(33-24)19-11-12-27-21(14-19)28-16(2)30/h3-15H,1-2H3,(H,27,28,30). The Morgan fingerprint density at radius 3 is 2.55 bits per heavy atom. The van der Waals surface area contributed by atoms with Crippen LogP contribution in [0.3, 0.4) is 0 Å². The van der Waals surface area contributed by atoms with Gasteiger partial charge in [0.25, 0.3) is 0 Å². The first-order chi connectivity index (χ1) is 15.9. The van der Waals surface area contributed by atoms with Gasteiger partial charge in [-0.15, -0.1) is 11.3 Å². The van der Waals surface area contributed by atoms with Gasteiger partial charge < -0.3 is 10.1 Å². The van der Waals surface area contributed by atoms with Crippen LogP contribution in [0, 0.1) is 0 Å². The van der Waals surface area contributed by atoms with E-state index in [1.165, 1.54) is 18.3 Å². The number of hydrogen-bond acceptors (Lipinski definition) is 6. The lowest BCUT2D eigenvalue weighted by Gasteiger charge is -2.10. The first kappa shape index (κ1) is 22.6. The maximum Gasteiger partial charge on any atom is 0.338 e. The van der Waals surface area contributed by atoms with Crippen molar-refractivity contribution in [1.29, 1.82) is 0 Å². The van der Waals surface area contributed by atoms with Crippen LogP contribution in [0.4, 0.5) is 5.82 Å². The number of benzene rings is 2. The van der Waals surface area contributed by atoms with Gasteiger partial charge in [0.2, 0.25) is 5.91 Å². The highest BCUT2D eigenvalue weighted by atomic mass is 35.5. The van der Waals surface area contributed by atoms with Gasteiger partial charge >= 0.3 is 5.97 Å². The van der Waals surface area contributed by atoms with Crippen molar-refractivity contribution in [3.8, 4) is 21.7 Å². The third-order valence-corrected chi connectivity index (χ3v) is 6.21. The molecule has 4 rings (SSSR count). The van der Waals surface area contributed by atoms with Crippen LogP contribution in [0.1, 0.15) is 35.3 Å². The van der Waals surface area contributed by atoms with Crippen molar-refractivity contribution in [2.24, 2.45) is 0 Å². The van der Waals surface area contributed by atoms with E-state index in [4.69, 9.17) is 21.3 Å². The molecular formula is C25H20ClN3O3S. The predicted octanol–water partition coefficient (Wildman–Crippen LogP) is 6.40. The number of rotatable bonds is 6. The van der Waals surface area contributed by atoms with Crippen molar-refractivity contribution in [1.82, 2.24) is 9.97 Å². The molecule has 2 heterocycles. The molecule has 0 saturated carbocycles.